The van der Waals surface area contributed by atoms with Gasteiger partial charge in [-0.25, -0.2) is 0 Å². The second kappa shape index (κ2) is 3.43. The Kier molecular flexibility index (Phi) is 2.79. The van der Waals surface area contributed by atoms with Crippen molar-refractivity contribution in [2.45, 2.75) is 38.5 Å². The first kappa shape index (κ1) is 8.13. The fourth-order valence-electron chi connectivity index (χ4n) is 1.58. The van der Waals surface area contributed by atoms with Gasteiger partial charge >= 0.3 is 0 Å². The molecule has 58 valence electrons. The van der Waals surface area contributed by atoms with Crippen molar-refractivity contribution in [1.29, 1.82) is 0 Å². The van der Waals surface area contributed by atoms with E-state index in [4.69, 9.17) is 11.6 Å². The predicted molar refractivity (Wildman–Crippen MR) is 46.4 cm³/mol. The summed E-state index contributed by atoms with van der Waals surface area (Å²) in [5.74, 6) is 0.747. The molecule has 0 saturated carbocycles. The summed E-state index contributed by atoms with van der Waals surface area (Å²) in [4.78, 5) is 0. The van der Waals surface area contributed by atoms with Crippen molar-refractivity contribution in [2.75, 3.05) is 0 Å². The van der Waals surface area contributed by atoms with E-state index >= 15 is 0 Å². The van der Waals surface area contributed by atoms with Crippen molar-refractivity contribution >= 4 is 11.6 Å². The Labute approximate surface area is 68.3 Å². The number of hydrogen-bond donors (Lipinski definition) is 0. The molecule has 0 N–H and O–H groups in total. The van der Waals surface area contributed by atoms with Gasteiger partial charge in [-0.05, 0) is 32.1 Å². The van der Waals surface area contributed by atoms with Crippen LogP contribution in [0.5, 0.6) is 0 Å². The SMILES string of the molecule is CCC1C=C(C)CC(Cl)C1. The van der Waals surface area contributed by atoms with Crippen molar-refractivity contribution in [3.8, 4) is 0 Å². The van der Waals surface area contributed by atoms with Crippen LogP contribution in [-0.2, 0) is 0 Å². The number of rotatable bonds is 1. The van der Waals surface area contributed by atoms with Crippen LogP contribution in [0.3, 0.4) is 0 Å². The Bertz CT molecular complexity index is 138. The predicted octanol–water partition coefficient (Wildman–Crippen LogP) is 3.36. The first-order valence-electron chi connectivity index (χ1n) is 4.03. The third kappa shape index (κ3) is 2.02. The first-order valence-corrected chi connectivity index (χ1v) is 4.47. The van der Waals surface area contributed by atoms with Crippen molar-refractivity contribution in [1.82, 2.24) is 0 Å². The molecule has 0 nitrogen and oxygen atoms in total. The molecule has 0 fully saturated rings. The van der Waals surface area contributed by atoms with Gasteiger partial charge in [-0.1, -0.05) is 18.6 Å². The van der Waals surface area contributed by atoms with Gasteiger partial charge in [-0.15, -0.1) is 11.6 Å². The summed E-state index contributed by atoms with van der Waals surface area (Å²) < 4.78 is 0. The number of halogens is 1. The Hall–Kier alpha value is 0.0300. The van der Waals surface area contributed by atoms with E-state index in [-0.39, 0.29) is 0 Å². The van der Waals surface area contributed by atoms with Crippen molar-refractivity contribution in [2.24, 2.45) is 5.92 Å². The molecule has 2 atom stereocenters. The summed E-state index contributed by atoms with van der Waals surface area (Å²) in [6.45, 7) is 4.40. The third-order valence-electron chi connectivity index (χ3n) is 2.15. The minimum absolute atomic E-state index is 0.398. The van der Waals surface area contributed by atoms with Crippen molar-refractivity contribution in [3.63, 3.8) is 0 Å². The molecule has 0 amide bonds. The van der Waals surface area contributed by atoms with Crippen LogP contribution in [0, 0.1) is 5.92 Å². The maximum absolute atomic E-state index is 6.04. The quantitative estimate of drug-likeness (QED) is 0.406. The second-order valence-electron chi connectivity index (χ2n) is 3.22. The minimum atomic E-state index is 0.398. The van der Waals surface area contributed by atoms with Crippen molar-refractivity contribution < 1.29 is 0 Å². The maximum atomic E-state index is 6.04. The Morgan fingerprint density at radius 3 is 2.90 bits per heavy atom. The van der Waals surface area contributed by atoms with Gasteiger partial charge < -0.3 is 0 Å². The van der Waals surface area contributed by atoms with E-state index in [1.54, 1.807) is 0 Å². The van der Waals surface area contributed by atoms with Gasteiger partial charge in [0.05, 0.1) is 0 Å². The van der Waals surface area contributed by atoms with E-state index < -0.39 is 0 Å². The highest BCUT2D eigenvalue weighted by molar-refractivity contribution is 6.20. The summed E-state index contributed by atoms with van der Waals surface area (Å²) in [5.41, 5.74) is 1.47. The van der Waals surface area contributed by atoms with E-state index in [0.29, 0.717) is 5.38 Å². The summed E-state index contributed by atoms with van der Waals surface area (Å²) in [6.07, 6.45) is 5.88. The van der Waals surface area contributed by atoms with Gasteiger partial charge in [0, 0.05) is 5.38 Å². The zero-order valence-electron chi connectivity index (χ0n) is 6.73. The molecule has 2 unspecified atom stereocenters. The van der Waals surface area contributed by atoms with Gasteiger partial charge in [-0.3, -0.25) is 0 Å². The Balaban J connectivity index is 2.55. The van der Waals surface area contributed by atoms with Gasteiger partial charge in [0.2, 0.25) is 0 Å². The van der Waals surface area contributed by atoms with Crippen LogP contribution < -0.4 is 0 Å². The molecule has 1 aliphatic rings. The molecule has 0 heterocycles. The molecule has 1 rings (SSSR count). The average Bonchev–Trinajstić information content (AvgIpc) is 1.85. The van der Waals surface area contributed by atoms with Crippen LogP contribution in [-0.4, -0.2) is 5.38 Å². The lowest BCUT2D eigenvalue weighted by molar-refractivity contribution is 0.520. The molecular formula is C9H15Cl. The van der Waals surface area contributed by atoms with Crippen molar-refractivity contribution in [3.05, 3.63) is 11.6 Å². The molecular weight excluding hydrogens is 144 g/mol. The van der Waals surface area contributed by atoms with Crippen LogP contribution in [0.1, 0.15) is 33.1 Å². The average molecular weight is 159 g/mol. The fourth-order valence-corrected chi connectivity index (χ4v) is 2.06. The van der Waals surface area contributed by atoms with Crippen LogP contribution in [0.4, 0.5) is 0 Å². The highest BCUT2D eigenvalue weighted by Gasteiger charge is 2.16. The molecule has 0 aromatic carbocycles. The minimum Gasteiger partial charge on any atom is -0.123 e. The second-order valence-corrected chi connectivity index (χ2v) is 3.84. The van der Waals surface area contributed by atoms with E-state index in [0.717, 1.165) is 12.3 Å². The normalized spacial score (nSPS) is 33.7. The van der Waals surface area contributed by atoms with Crippen LogP contribution in [0.15, 0.2) is 11.6 Å². The van der Waals surface area contributed by atoms with Gasteiger partial charge in [0.15, 0.2) is 0 Å². The topological polar surface area (TPSA) is 0 Å². The van der Waals surface area contributed by atoms with E-state index in [2.05, 4.69) is 19.9 Å². The van der Waals surface area contributed by atoms with E-state index in [9.17, 15) is 0 Å². The molecule has 1 aliphatic carbocycles. The highest BCUT2D eigenvalue weighted by Crippen LogP contribution is 2.28. The summed E-state index contributed by atoms with van der Waals surface area (Å²) in [6, 6.07) is 0. The largest absolute Gasteiger partial charge is 0.123 e. The van der Waals surface area contributed by atoms with Gasteiger partial charge in [0.1, 0.15) is 0 Å². The van der Waals surface area contributed by atoms with E-state index in [1.807, 2.05) is 0 Å². The number of allylic oxidation sites excluding steroid dienone is 2. The fraction of sp³-hybridized carbons (Fsp3) is 0.778. The summed E-state index contributed by atoms with van der Waals surface area (Å²) >= 11 is 6.04. The summed E-state index contributed by atoms with van der Waals surface area (Å²) in [5, 5.41) is 0.398. The number of alkyl halides is 1. The molecule has 0 aromatic rings. The molecule has 0 radical (unpaired) electrons. The standard InChI is InChI=1S/C9H15Cl/c1-3-8-4-7(2)5-9(10)6-8/h4,8-9H,3,5-6H2,1-2H3. The summed E-state index contributed by atoms with van der Waals surface area (Å²) in [7, 11) is 0. The lowest BCUT2D eigenvalue weighted by Gasteiger charge is -2.21. The van der Waals surface area contributed by atoms with Crippen LogP contribution in [0.25, 0.3) is 0 Å². The third-order valence-corrected chi connectivity index (χ3v) is 2.48. The smallest absolute Gasteiger partial charge is 0.0378 e. The molecule has 10 heavy (non-hydrogen) atoms. The lowest BCUT2D eigenvalue weighted by Crippen LogP contribution is -2.12. The van der Waals surface area contributed by atoms with Gasteiger partial charge in [0.25, 0.3) is 0 Å². The molecule has 0 aromatic heterocycles. The first-order chi connectivity index (χ1) is 4.72. The Morgan fingerprint density at radius 1 is 1.70 bits per heavy atom. The zero-order valence-corrected chi connectivity index (χ0v) is 7.49. The van der Waals surface area contributed by atoms with Crippen LogP contribution >= 0.6 is 11.6 Å². The van der Waals surface area contributed by atoms with Crippen LogP contribution in [0.2, 0.25) is 0 Å². The molecule has 0 saturated heterocycles. The van der Waals surface area contributed by atoms with Gasteiger partial charge in [-0.2, -0.15) is 0 Å². The molecule has 0 aliphatic heterocycles. The monoisotopic (exact) mass is 158 g/mol. The Morgan fingerprint density at radius 2 is 2.40 bits per heavy atom. The molecule has 0 spiro atoms. The zero-order chi connectivity index (χ0) is 7.56. The maximum Gasteiger partial charge on any atom is 0.0378 e. The highest BCUT2D eigenvalue weighted by atomic mass is 35.5. The molecule has 1 heteroatoms. The lowest BCUT2D eigenvalue weighted by atomic mass is 9.89. The van der Waals surface area contributed by atoms with E-state index in [1.165, 1.54) is 18.4 Å². The molecule has 0 bridgehead atoms. The number of hydrogen-bond acceptors (Lipinski definition) is 0.